The maximum Gasteiger partial charge on any atom is 0.254 e. The van der Waals surface area contributed by atoms with E-state index in [-0.39, 0.29) is 11.0 Å². The molecule has 2 aromatic carbocycles. The van der Waals surface area contributed by atoms with Crippen molar-refractivity contribution in [3.8, 4) is 5.75 Å². The first-order valence-corrected chi connectivity index (χ1v) is 11.5. The van der Waals surface area contributed by atoms with Crippen LogP contribution in [0.4, 0.5) is 0 Å². The fraction of sp³-hybridized carbons (Fsp3) is 0.333. The minimum Gasteiger partial charge on any atom is -0.489 e. The molecule has 2 aromatic heterocycles. The van der Waals surface area contributed by atoms with Gasteiger partial charge in [-0.2, -0.15) is 0 Å². The van der Waals surface area contributed by atoms with Gasteiger partial charge in [0.1, 0.15) is 18.2 Å². The van der Waals surface area contributed by atoms with E-state index in [1.54, 1.807) is 0 Å². The number of fused-ring (bicyclic) bond motifs is 2. The van der Waals surface area contributed by atoms with Gasteiger partial charge in [-0.3, -0.25) is 9.69 Å². The molecule has 0 spiro atoms. The summed E-state index contributed by atoms with van der Waals surface area (Å²) in [5.41, 5.74) is 5.02. The summed E-state index contributed by atoms with van der Waals surface area (Å²) in [5.74, 6) is 1.61. The number of rotatable bonds is 5. The third-order valence-corrected chi connectivity index (χ3v) is 6.24. The minimum atomic E-state index is -0.191. The van der Waals surface area contributed by atoms with Gasteiger partial charge in [0.05, 0.1) is 5.69 Å². The number of nitrogens with one attached hydrogen (secondary N) is 2. The number of ether oxygens (including phenoxy) is 1. The second-order valence-electron chi connectivity index (χ2n) is 9.85. The number of aromatic amines is 2. The Bertz CT molecular complexity index is 1330. The average molecular weight is 443 g/mol. The summed E-state index contributed by atoms with van der Waals surface area (Å²) in [4.78, 5) is 26.2. The van der Waals surface area contributed by atoms with Crippen molar-refractivity contribution in [3.05, 3.63) is 93.3 Å². The molecule has 0 radical (unpaired) electrons. The van der Waals surface area contributed by atoms with Gasteiger partial charge in [0.15, 0.2) is 0 Å². The molecule has 1 aliphatic heterocycles. The van der Waals surface area contributed by atoms with Crippen molar-refractivity contribution in [1.82, 2.24) is 19.9 Å². The van der Waals surface area contributed by atoms with Gasteiger partial charge in [-0.05, 0) is 35.7 Å². The van der Waals surface area contributed by atoms with Crippen molar-refractivity contribution in [2.45, 2.75) is 52.3 Å². The molecule has 0 atom stereocenters. The van der Waals surface area contributed by atoms with Crippen LogP contribution < -0.4 is 10.3 Å². The van der Waals surface area contributed by atoms with Gasteiger partial charge < -0.3 is 14.7 Å². The van der Waals surface area contributed by atoms with Crippen LogP contribution in [-0.4, -0.2) is 26.4 Å². The van der Waals surface area contributed by atoms with Gasteiger partial charge in [0.2, 0.25) is 0 Å². The molecule has 3 heterocycles. The minimum absolute atomic E-state index is 0.0110. The van der Waals surface area contributed by atoms with Gasteiger partial charge in [0, 0.05) is 47.7 Å². The highest BCUT2D eigenvalue weighted by Gasteiger charge is 2.25. The van der Waals surface area contributed by atoms with E-state index in [1.807, 2.05) is 24.3 Å². The zero-order chi connectivity index (χ0) is 23.0. The Morgan fingerprint density at radius 3 is 2.73 bits per heavy atom. The van der Waals surface area contributed by atoms with E-state index < -0.39 is 0 Å². The first kappa shape index (κ1) is 21.5. The molecule has 0 saturated heterocycles. The standard InChI is InChI=1S/C27H30N4O2/c1-27(2,3)26-29-24-16-31(12-11-21(24)25(32)30-26)15-19-14-28-23-10-9-20(13-22(19)23)33-17-18-7-5-4-6-8-18/h4-10,13-14,28H,11-12,15-17H2,1-3H3,(H,29,30,32). The van der Waals surface area contributed by atoms with E-state index in [9.17, 15) is 4.79 Å². The summed E-state index contributed by atoms with van der Waals surface area (Å²) in [6, 6.07) is 16.4. The lowest BCUT2D eigenvalue weighted by Crippen LogP contribution is -2.36. The molecule has 0 saturated carbocycles. The highest BCUT2D eigenvalue weighted by molar-refractivity contribution is 5.84. The molecule has 6 heteroatoms. The highest BCUT2D eigenvalue weighted by Crippen LogP contribution is 2.27. The zero-order valence-corrected chi connectivity index (χ0v) is 19.4. The SMILES string of the molecule is CC(C)(C)c1nc2c(c(=O)[nH]1)CCN(Cc1c[nH]c3ccc(OCc4ccccc4)cc13)C2. The van der Waals surface area contributed by atoms with Crippen LogP contribution in [0, 0.1) is 0 Å². The third kappa shape index (κ3) is 4.57. The molecule has 33 heavy (non-hydrogen) atoms. The van der Waals surface area contributed by atoms with Crippen molar-refractivity contribution >= 4 is 10.9 Å². The van der Waals surface area contributed by atoms with Crippen LogP contribution in [0.3, 0.4) is 0 Å². The molecular formula is C27H30N4O2. The van der Waals surface area contributed by atoms with E-state index in [1.165, 1.54) is 10.9 Å². The van der Waals surface area contributed by atoms with E-state index in [4.69, 9.17) is 9.72 Å². The smallest absolute Gasteiger partial charge is 0.254 e. The predicted molar refractivity (Wildman–Crippen MR) is 130 cm³/mol. The maximum atomic E-state index is 12.6. The van der Waals surface area contributed by atoms with Crippen molar-refractivity contribution in [3.63, 3.8) is 0 Å². The van der Waals surface area contributed by atoms with Gasteiger partial charge in [-0.15, -0.1) is 0 Å². The van der Waals surface area contributed by atoms with Gasteiger partial charge >= 0.3 is 0 Å². The van der Waals surface area contributed by atoms with Crippen LogP contribution in [0.25, 0.3) is 10.9 Å². The van der Waals surface area contributed by atoms with E-state index in [0.717, 1.165) is 53.4 Å². The summed E-state index contributed by atoms with van der Waals surface area (Å²) in [7, 11) is 0. The summed E-state index contributed by atoms with van der Waals surface area (Å²) in [6.07, 6.45) is 2.79. The Morgan fingerprint density at radius 1 is 1.12 bits per heavy atom. The number of H-pyrrole nitrogens is 2. The predicted octanol–water partition coefficient (Wildman–Crippen LogP) is 4.69. The van der Waals surface area contributed by atoms with E-state index >= 15 is 0 Å². The molecule has 6 nitrogen and oxygen atoms in total. The summed E-state index contributed by atoms with van der Waals surface area (Å²) in [5, 5.41) is 1.17. The zero-order valence-electron chi connectivity index (χ0n) is 19.4. The number of benzene rings is 2. The van der Waals surface area contributed by atoms with E-state index in [2.05, 4.69) is 66.1 Å². The molecule has 0 aliphatic carbocycles. The lowest BCUT2D eigenvalue weighted by molar-refractivity contribution is 0.240. The van der Waals surface area contributed by atoms with Gasteiger partial charge in [-0.25, -0.2) is 4.98 Å². The van der Waals surface area contributed by atoms with Crippen LogP contribution in [0.5, 0.6) is 5.75 Å². The molecule has 0 bridgehead atoms. The molecule has 0 amide bonds. The Balaban J connectivity index is 1.34. The fourth-order valence-corrected chi connectivity index (χ4v) is 4.34. The topological polar surface area (TPSA) is 74.0 Å². The van der Waals surface area contributed by atoms with Gasteiger partial charge in [0.25, 0.3) is 5.56 Å². The number of hydrogen-bond donors (Lipinski definition) is 2. The van der Waals surface area contributed by atoms with Crippen molar-refractivity contribution in [1.29, 1.82) is 0 Å². The molecule has 5 rings (SSSR count). The van der Waals surface area contributed by atoms with Crippen molar-refractivity contribution in [2.75, 3.05) is 6.54 Å². The quantitative estimate of drug-likeness (QED) is 0.470. The number of nitrogens with zero attached hydrogens (tertiary/aromatic N) is 2. The first-order valence-electron chi connectivity index (χ1n) is 11.5. The molecule has 2 N–H and O–H groups in total. The molecular weight excluding hydrogens is 412 g/mol. The summed E-state index contributed by atoms with van der Waals surface area (Å²) in [6.45, 7) is 9.07. The third-order valence-electron chi connectivity index (χ3n) is 6.24. The normalized spacial score (nSPS) is 14.4. The fourth-order valence-electron chi connectivity index (χ4n) is 4.34. The lowest BCUT2D eigenvalue weighted by atomic mass is 9.95. The molecule has 4 aromatic rings. The van der Waals surface area contributed by atoms with Crippen LogP contribution in [-0.2, 0) is 31.5 Å². The first-order chi connectivity index (χ1) is 15.9. The van der Waals surface area contributed by atoms with Crippen LogP contribution in [0.15, 0.2) is 59.5 Å². The van der Waals surface area contributed by atoms with Crippen LogP contribution in [0.2, 0.25) is 0 Å². The summed E-state index contributed by atoms with van der Waals surface area (Å²) >= 11 is 0. The van der Waals surface area contributed by atoms with Gasteiger partial charge in [-0.1, -0.05) is 51.1 Å². The Hall–Kier alpha value is -3.38. The molecule has 1 aliphatic rings. The lowest BCUT2D eigenvalue weighted by Gasteiger charge is -2.28. The maximum absolute atomic E-state index is 12.6. The second kappa shape index (κ2) is 8.52. The largest absolute Gasteiger partial charge is 0.489 e. The highest BCUT2D eigenvalue weighted by atomic mass is 16.5. The van der Waals surface area contributed by atoms with Crippen molar-refractivity contribution in [2.24, 2.45) is 0 Å². The van der Waals surface area contributed by atoms with Crippen LogP contribution in [0.1, 0.15) is 49.0 Å². The molecule has 0 unspecified atom stereocenters. The second-order valence-corrected chi connectivity index (χ2v) is 9.85. The molecule has 0 fully saturated rings. The van der Waals surface area contributed by atoms with Crippen molar-refractivity contribution < 1.29 is 4.74 Å². The Kier molecular flexibility index (Phi) is 5.54. The van der Waals surface area contributed by atoms with E-state index in [0.29, 0.717) is 13.2 Å². The number of hydrogen-bond acceptors (Lipinski definition) is 4. The Labute approximate surface area is 193 Å². The number of aromatic nitrogens is 3. The average Bonchev–Trinajstić information content (AvgIpc) is 3.19. The molecule has 170 valence electrons. The van der Waals surface area contributed by atoms with Crippen LogP contribution >= 0.6 is 0 Å². The summed E-state index contributed by atoms with van der Waals surface area (Å²) < 4.78 is 6.04. The Morgan fingerprint density at radius 2 is 1.94 bits per heavy atom. The monoisotopic (exact) mass is 442 g/mol.